The molecule has 0 radical (unpaired) electrons. The van der Waals surface area contributed by atoms with Crippen LogP contribution in [0.15, 0.2) is 68.0 Å². The first-order valence-electron chi connectivity index (χ1n) is 11.2. The zero-order chi connectivity index (χ0) is 27.0. The fourth-order valence-electron chi connectivity index (χ4n) is 3.23. The van der Waals surface area contributed by atoms with Crippen LogP contribution in [0, 0.1) is 12.8 Å². The molecule has 3 rings (SSSR count). The van der Waals surface area contributed by atoms with E-state index < -0.39 is 44.0 Å². The van der Waals surface area contributed by atoms with Crippen molar-refractivity contribution in [2.75, 3.05) is 12.8 Å². The molecule has 0 spiro atoms. The second kappa shape index (κ2) is 12.6. The maximum absolute atomic E-state index is 12.8. The Bertz CT molecular complexity index is 1260. The van der Waals surface area contributed by atoms with Crippen LogP contribution < -0.4 is 5.82 Å². The molecule has 1 N–H and O–H groups in total. The topological polar surface area (TPSA) is 161 Å². The minimum Gasteiger partial charge on any atom is -0.461 e. The van der Waals surface area contributed by atoms with Gasteiger partial charge in [0, 0.05) is 6.42 Å². The molecular weight excluding hydrogens is 511 g/mol. The van der Waals surface area contributed by atoms with E-state index in [0.717, 1.165) is 0 Å². The van der Waals surface area contributed by atoms with Crippen molar-refractivity contribution in [1.29, 1.82) is 0 Å². The number of aryl methyl sites for hydroxylation is 1. The van der Waals surface area contributed by atoms with E-state index in [1.54, 1.807) is 37.3 Å². The van der Waals surface area contributed by atoms with Crippen LogP contribution in [-0.2, 0) is 50.8 Å². The maximum Gasteiger partial charge on any atom is 0.519 e. The molecule has 1 aliphatic heterocycles. The van der Waals surface area contributed by atoms with E-state index >= 15 is 0 Å². The standard InChI is InChI=1S/C24H27O12P/c1-15-20(35-17(3)33-15)12-30-22(25)10-9-19(23(26)31-11-18-7-5-4-6-8-18)14-37(28,29)32-13-21-16(2)34-24(27)36-21/h4-8,19H,3,9-14H2,1-2H3,(H,28,29). The van der Waals surface area contributed by atoms with Crippen molar-refractivity contribution in [2.45, 2.75) is 39.9 Å². The molecule has 0 amide bonds. The summed E-state index contributed by atoms with van der Waals surface area (Å²) in [4.78, 5) is 46.6. The Morgan fingerprint density at radius 3 is 2.41 bits per heavy atom. The van der Waals surface area contributed by atoms with E-state index in [0.29, 0.717) is 11.3 Å². The summed E-state index contributed by atoms with van der Waals surface area (Å²) in [6.45, 7) is 5.76. The van der Waals surface area contributed by atoms with Crippen molar-refractivity contribution < 1.29 is 51.4 Å². The minimum absolute atomic E-state index is 0.0588. The fraction of sp³-hybridized carbons (Fsp3) is 0.375. The molecule has 13 heteroatoms. The summed E-state index contributed by atoms with van der Waals surface area (Å²) in [5, 5.41) is 0. The van der Waals surface area contributed by atoms with Gasteiger partial charge in [0.2, 0.25) is 0 Å². The van der Waals surface area contributed by atoms with Crippen molar-refractivity contribution in [3.05, 3.63) is 82.1 Å². The maximum atomic E-state index is 12.8. The number of carbonyl (C=O) groups is 2. The van der Waals surface area contributed by atoms with Crippen molar-refractivity contribution in [3.63, 3.8) is 0 Å². The summed E-state index contributed by atoms with van der Waals surface area (Å²) in [7, 11) is -4.39. The van der Waals surface area contributed by atoms with Crippen LogP contribution in [0.1, 0.15) is 36.8 Å². The normalized spacial score (nSPS) is 15.5. The van der Waals surface area contributed by atoms with Crippen molar-refractivity contribution in [1.82, 2.24) is 0 Å². The number of hydrogen-bond acceptors (Lipinski definition) is 11. The number of carbonyl (C=O) groups excluding carboxylic acids is 2. The van der Waals surface area contributed by atoms with E-state index in [9.17, 15) is 23.8 Å². The van der Waals surface area contributed by atoms with Gasteiger partial charge in [0.25, 0.3) is 5.95 Å². The molecule has 37 heavy (non-hydrogen) atoms. The molecule has 12 nitrogen and oxygen atoms in total. The van der Waals surface area contributed by atoms with Gasteiger partial charge in [0.1, 0.15) is 24.7 Å². The molecule has 200 valence electrons. The van der Waals surface area contributed by atoms with E-state index in [1.165, 1.54) is 6.92 Å². The monoisotopic (exact) mass is 538 g/mol. The highest BCUT2D eigenvalue weighted by molar-refractivity contribution is 7.52. The molecule has 0 saturated heterocycles. The van der Waals surface area contributed by atoms with E-state index in [1.807, 2.05) is 0 Å². The highest BCUT2D eigenvalue weighted by Gasteiger charge is 2.33. The Morgan fingerprint density at radius 2 is 1.78 bits per heavy atom. The molecule has 0 saturated carbocycles. The smallest absolute Gasteiger partial charge is 0.461 e. The van der Waals surface area contributed by atoms with Gasteiger partial charge in [-0.2, -0.15) is 0 Å². The Balaban J connectivity index is 1.60. The molecule has 2 aromatic rings. The fourth-order valence-corrected chi connectivity index (χ4v) is 4.54. The molecule has 2 heterocycles. The average Bonchev–Trinajstić information content (AvgIpc) is 3.36. The van der Waals surface area contributed by atoms with Gasteiger partial charge in [-0.15, -0.1) is 0 Å². The zero-order valence-corrected chi connectivity index (χ0v) is 21.2. The Hall–Kier alpha value is -3.60. The van der Waals surface area contributed by atoms with Gasteiger partial charge in [-0.25, -0.2) is 4.79 Å². The minimum atomic E-state index is -4.39. The predicted octanol–water partition coefficient (Wildman–Crippen LogP) is 3.68. The number of allylic oxidation sites excluding steroid dienone is 1. The second-order valence-electron chi connectivity index (χ2n) is 8.07. The molecule has 0 aliphatic carbocycles. The molecule has 1 aromatic heterocycles. The highest BCUT2D eigenvalue weighted by atomic mass is 31.2. The van der Waals surface area contributed by atoms with Gasteiger partial charge in [0.05, 0.1) is 12.1 Å². The van der Waals surface area contributed by atoms with Crippen molar-refractivity contribution >= 4 is 19.5 Å². The number of hydrogen-bond donors (Lipinski definition) is 1. The molecule has 1 aromatic carbocycles. The van der Waals surface area contributed by atoms with Gasteiger partial charge in [-0.3, -0.25) is 14.2 Å². The summed E-state index contributed by atoms with van der Waals surface area (Å²) < 4.78 is 48.0. The first kappa shape index (κ1) is 28.0. The van der Waals surface area contributed by atoms with Crippen LogP contribution in [0.4, 0.5) is 0 Å². The molecule has 0 fully saturated rings. The molecule has 2 atom stereocenters. The van der Waals surface area contributed by atoms with Crippen LogP contribution in [0.5, 0.6) is 0 Å². The van der Waals surface area contributed by atoms with Crippen LogP contribution >= 0.6 is 7.60 Å². The van der Waals surface area contributed by atoms with Gasteiger partial charge in [0.15, 0.2) is 18.1 Å². The largest absolute Gasteiger partial charge is 0.519 e. The Morgan fingerprint density at radius 1 is 1.05 bits per heavy atom. The summed E-state index contributed by atoms with van der Waals surface area (Å²) in [5.41, 5.74) is 0.715. The summed E-state index contributed by atoms with van der Waals surface area (Å²) in [5.74, 6) is -2.82. The van der Waals surface area contributed by atoms with Crippen molar-refractivity contribution in [2.24, 2.45) is 5.92 Å². The lowest BCUT2D eigenvalue weighted by atomic mass is 10.1. The van der Waals surface area contributed by atoms with Crippen LogP contribution in [0.25, 0.3) is 0 Å². The van der Waals surface area contributed by atoms with E-state index in [-0.39, 0.29) is 49.3 Å². The van der Waals surface area contributed by atoms with E-state index in [4.69, 9.17) is 27.9 Å². The lowest BCUT2D eigenvalue weighted by Gasteiger charge is -2.19. The van der Waals surface area contributed by atoms with E-state index in [2.05, 4.69) is 11.0 Å². The summed E-state index contributed by atoms with van der Waals surface area (Å²) >= 11 is 0. The first-order chi connectivity index (χ1) is 17.5. The SMILES string of the molecule is C=C1OC(C)=C(COC(=O)CCC(CP(=O)(O)OCc2oc(=O)oc2C)C(=O)OCc2ccccc2)O1. The van der Waals surface area contributed by atoms with Crippen LogP contribution in [0.2, 0.25) is 0 Å². The van der Waals surface area contributed by atoms with Crippen LogP contribution in [0.3, 0.4) is 0 Å². The van der Waals surface area contributed by atoms with Crippen molar-refractivity contribution in [3.8, 4) is 0 Å². The molecule has 0 bridgehead atoms. The number of rotatable bonds is 13. The van der Waals surface area contributed by atoms with Crippen LogP contribution in [-0.4, -0.2) is 29.6 Å². The third-order valence-electron chi connectivity index (χ3n) is 5.20. The lowest BCUT2D eigenvalue weighted by Crippen LogP contribution is -2.23. The first-order valence-corrected chi connectivity index (χ1v) is 12.9. The van der Waals surface area contributed by atoms with Gasteiger partial charge < -0.3 is 37.2 Å². The Kier molecular flexibility index (Phi) is 9.51. The van der Waals surface area contributed by atoms with Gasteiger partial charge >= 0.3 is 25.4 Å². The Labute approximate surface area is 211 Å². The lowest BCUT2D eigenvalue weighted by molar-refractivity contribution is -0.150. The second-order valence-corrected chi connectivity index (χ2v) is 9.97. The number of esters is 2. The summed E-state index contributed by atoms with van der Waals surface area (Å²) in [6, 6.07) is 8.85. The molecular formula is C24H27O12P. The number of ether oxygens (including phenoxy) is 4. The third kappa shape index (κ3) is 8.78. The highest BCUT2D eigenvalue weighted by Crippen LogP contribution is 2.46. The molecule has 1 aliphatic rings. The number of benzene rings is 1. The predicted molar refractivity (Wildman–Crippen MR) is 125 cm³/mol. The molecule has 2 unspecified atom stereocenters. The third-order valence-corrected chi connectivity index (χ3v) is 6.63. The van der Waals surface area contributed by atoms with Gasteiger partial charge in [-0.1, -0.05) is 30.3 Å². The average molecular weight is 538 g/mol. The zero-order valence-electron chi connectivity index (χ0n) is 20.3. The van der Waals surface area contributed by atoms with Gasteiger partial charge in [-0.05, 0) is 32.4 Å². The quantitative estimate of drug-likeness (QED) is 0.291. The summed E-state index contributed by atoms with van der Waals surface area (Å²) in [6.07, 6.45) is -1.05.